The normalized spacial score (nSPS) is 15.4. The summed E-state index contributed by atoms with van der Waals surface area (Å²) in [5.41, 5.74) is 3.58. The summed E-state index contributed by atoms with van der Waals surface area (Å²) in [7, 11) is 0. The zero-order valence-electron chi connectivity index (χ0n) is 27.0. The number of nitriles is 3. The second-order valence-electron chi connectivity index (χ2n) is 12.7. The SMILES string of the molecule is CCCCCCCCCCCCCC(=O)N[C@@H](CC#N)[C@H](O)Nc1ccc(/C=C/C2=CC(=C(C#N)C#N)CC(C)(C)C2)cc1. The lowest BCUT2D eigenvalue weighted by Gasteiger charge is -2.30. The third kappa shape index (κ3) is 14.1. The average molecular weight is 598 g/mol. The van der Waals surface area contributed by atoms with Crippen LogP contribution < -0.4 is 10.6 Å². The van der Waals surface area contributed by atoms with Gasteiger partial charge >= 0.3 is 0 Å². The van der Waals surface area contributed by atoms with Crippen molar-refractivity contribution in [2.24, 2.45) is 5.41 Å². The van der Waals surface area contributed by atoms with Crippen LogP contribution in [-0.4, -0.2) is 23.3 Å². The van der Waals surface area contributed by atoms with Gasteiger partial charge in [0.2, 0.25) is 5.91 Å². The molecule has 0 saturated carbocycles. The summed E-state index contributed by atoms with van der Waals surface area (Å²) >= 11 is 0. The number of rotatable bonds is 19. The summed E-state index contributed by atoms with van der Waals surface area (Å²) in [5, 5.41) is 44.5. The Morgan fingerprint density at radius 2 is 1.50 bits per heavy atom. The lowest BCUT2D eigenvalue weighted by molar-refractivity contribution is -0.122. The number of aliphatic hydroxyl groups excluding tert-OH is 1. The standard InChI is InChI=1S/C37H51N5O2/c1-4-5-6-7-8-9-10-11-12-13-14-15-35(43)42-34(22-23-38)36(44)41-33-20-18-29(19-21-33)16-17-30-24-31(32(27-39)28-40)26-37(2,3)25-30/h16-21,24,34,36,41,44H,4-15,22,25-26H2,1-3H3,(H,42,43)/b17-16+/t34-,36-/m0/s1. The maximum atomic E-state index is 12.5. The van der Waals surface area contributed by atoms with Crippen molar-refractivity contribution in [3.8, 4) is 18.2 Å². The summed E-state index contributed by atoms with van der Waals surface area (Å²) in [6, 6.07) is 12.9. The molecule has 0 aliphatic heterocycles. The number of nitrogens with zero attached hydrogens (tertiary/aromatic N) is 3. The number of anilines is 1. The Morgan fingerprint density at radius 3 is 2.07 bits per heavy atom. The van der Waals surface area contributed by atoms with Crippen molar-refractivity contribution in [1.29, 1.82) is 15.8 Å². The Labute approximate surface area is 265 Å². The number of hydrogen-bond acceptors (Lipinski definition) is 6. The largest absolute Gasteiger partial charge is 0.372 e. The van der Waals surface area contributed by atoms with Gasteiger partial charge in [-0.25, -0.2) is 0 Å². The van der Waals surface area contributed by atoms with Crippen molar-refractivity contribution >= 4 is 17.7 Å². The highest BCUT2D eigenvalue weighted by molar-refractivity contribution is 5.76. The molecule has 1 aromatic carbocycles. The molecule has 0 saturated heterocycles. The van der Waals surface area contributed by atoms with Crippen LogP contribution in [0.4, 0.5) is 5.69 Å². The second kappa shape index (κ2) is 20.2. The molecule has 0 radical (unpaired) electrons. The number of carbonyl (C=O) groups excluding carboxylic acids is 1. The van der Waals surface area contributed by atoms with Gasteiger partial charge in [-0.1, -0.05) is 115 Å². The van der Waals surface area contributed by atoms with Crippen LogP contribution in [0.5, 0.6) is 0 Å². The van der Waals surface area contributed by atoms with Crippen molar-refractivity contribution in [1.82, 2.24) is 5.32 Å². The molecule has 236 valence electrons. The van der Waals surface area contributed by atoms with E-state index in [2.05, 4.69) is 37.5 Å². The van der Waals surface area contributed by atoms with Crippen molar-refractivity contribution < 1.29 is 9.90 Å². The van der Waals surface area contributed by atoms with Crippen LogP contribution in [0.3, 0.4) is 0 Å². The summed E-state index contributed by atoms with van der Waals surface area (Å²) in [4.78, 5) is 12.5. The molecular formula is C37H51N5O2. The molecule has 44 heavy (non-hydrogen) atoms. The van der Waals surface area contributed by atoms with Gasteiger partial charge in [0.05, 0.1) is 18.5 Å². The molecule has 1 amide bonds. The number of aliphatic hydroxyl groups is 1. The van der Waals surface area contributed by atoms with E-state index in [0.29, 0.717) is 18.5 Å². The van der Waals surface area contributed by atoms with Gasteiger partial charge in [-0.05, 0) is 53.5 Å². The number of nitrogens with one attached hydrogen (secondary N) is 2. The van der Waals surface area contributed by atoms with Gasteiger partial charge in [-0.3, -0.25) is 4.79 Å². The summed E-state index contributed by atoms with van der Waals surface area (Å²) in [6.07, 6.45) is 20.1. The van der Waals surface area contributed by atoms with E-state index in [1.54, 1.807) is 0 Å². The Morgan fingerprint density at radius 1 is 0.909 bits per heavy atom. The molecule has 7 nitrogen and oxygen atoms in total. The minimum absolute atomic E-state index is 0.000194. The molecule has 1 aromatic rings. The van der Waals surface area contributed by atoms with Gasteiger partial charge in [-0.15, -0.1) is 0 Å². The van der Waals surface area contributed by atoms with Crippen molar-refractivity contribution in [3.05, 3.63) is 58.7 Å². The third-order valence-corrected chi connectivity index (χ3v) is 8.02. The van der Waals surface area contributed by atoms with E-state index in [9.17, 15) is 25.7 Å². The highest BCUT2D eigenvalue weighted by atomic mass is 16.3. The van der Waals surface area contributed by atoms with Crippen LogP contribution in [0.25, 0.3) is 6.08 Å². The number of allylic oxidation sites excluding steroid dienone is 5. The Kier molecular flexibility index (Phi) is 16.6. The Balaban J connectivity index is 1.81. The van der Waals surface area contributed by atoms with Gasteiger partial charge in [0.25, 0.3) is 0 Å². The maximum absolute atomic E-state index is 12.5. The molecule has 2 atom stereocenters. The number of carbonyl (C=O) groups is 1. The van der Waals surface area contributed by atoms with Gasteiger partial charge in [-0.2, -0.15) is 15.8 Å². The fourth-order valence-electron chi connectivity index (χ4n) is 5.63. The molecule has 0 spiro atoms. The van der Waals surface area contributed by atoms with Crippen LogP contribution in [0.2, 0.25) is 0 Å². The number of benzene rings is 1. The zero-order chi connectivity index (χ0) is 32.2. The average Bonchev–Trinajstić information content (AvgIpc) is 2.99. The predicted molar refractivity (Wildman–Crippen MR) is 178 cm³/mol. The summed E-state index contributed by atoms with van der Waals surface area (Å²) in [5.74, 6) is -0.141. The van der Waals surface area contributed by atoms with Crippen LogP contribution in [0, 0.1) is 39.4 Å². The lowest BCUT2D eigenvalue weighted by atomic mass is 9.74. The number of unbranched alkanes of at least 4 members (excludes halogenated alkanes) is 10. The summed E-state index contributed by atoms with van der Waals surface area (Å²) < 4.78 is 0. The topological polar surface area (TPSA) is 133 Å². The molecule has 1 aliphatic carbocycles. The molecule has 0 fully saturated rings. The van der Waals surface area contributed by atoms with Gasteiger partial charge in [0.15, 0.2) is 0 Å². The van der Waals surface area contributed by atoms with Crippen molar-refractivity contribution in [2.45, 2.75) is 129 Å². The third-order valence-electron chi connectivity index (χ3n) is 8.02. The molecule has 0 heterocycles. The second-order valence-corrected chi connectivity index (χ2v) is 12.7. The first-order valence-electron chi connectivity index (χ1n) is 16.3. The van der Waals surface area contributed by atoms with Crippen LogP contribution in [0.1, 0.15) is 123 Å². The molecule has 3 N–H and O–H groups in total. The van der Waals surface area contributed by atoms with Crippen molar-refractivity contribution in [3.63, 3.8) is 0 Å². The monoisotopic (exact) mass is 597 g/mol. The first-order chi connectivity index (χ1) is 21.2. The lowest BCUT2D eigenvalue weighted by Crippen LogP contribution is -2.46. The molecule has 0 aromatic heterocycles. The van der Waals surface area contributed by atoms with E-state index in [4.69, 9.17) is 0 Å². The minimum atomic E-state index is -1.10. The zero-order valence-corrected chi connectivity index (χ0v) is 27.0. The smallest absolute Gasteiger partial charge is 0.220 e. The maximum Gasteiger partial charge on any atom is 0.220 e. The van der Waals surface area contributed by atoms with Crippen molar-refractivity contribution in [2.75, 3.05) is 5.32 Å². The van der Waals surface area contributed by atoms with E-state index in [1.807, 2.05) is 54.6 Å². The van der Waals surface area contributed by atoms with Gasteiger partial charge in [0.1, 0.15) is 23.9 Å². The first kappa shape index (κ1) is 36.3. The minimum Gasteiger partial charge on any atom is -0.372 e. The van der Waals surface area contributed by atoms with Gasteiger partial charge in [0, 0.05) is 12.1 Å². The quantitative estimate of drug-likeness (QED) is 0.0830. The highest BCUT2D eigenvalue weighted by Crippen LogP contribution is 2.39. The fourth-order valence-corrected chi connectivity index (χ4v) is 5.63. The van der Waals surface area contributed by atoms with Gasteiger partial charge < -0.3 is 15.7 Å². The molecule has 0 bridgehead atoms. The fraction of sp³-hybridized carbons (Fsp3) is 0.568. The Hall–Kier alpha value is -3.86. The van der Waals surface area contributed by atoms with E-state index >= 15 is 0 Å². The predicted octanol–water partition coefficient (Wildman–Crippen LogP) is 8.62. The van der Waals surface area contributed by atoms with E-state index in [1.165, 1.54) is 51.4 Å². The van der Waals surface area contributed by atoms with Crippen LogP contribution in [-0.2, 0) is 4.79 Å². The molecule has 1 aliphatic rings. The number of hydrogen-bond donors (Lipinski definition) is 3. The molecular weight excluding hydrogens is 546 g/mol. The van der Waals surface area contributed by atoms with Crippen LogP contribution >= 0.6 is 0 Å². The molecule has 0 unspecified atom stereocenters. The van der Waals surface area contributed by atoms with E-state index in [-0.39, 0.29) is 23.3 Å². The highest BCUT2D eigenvalue weighted by Gasteiger charge is 2.26. The molecule has 7 heteroatoms. The number of amides is 1. The van der Waals surface area contributed by atoms with Crippen LogP contribution in [0.15, 0.2) is 53.1 Å². The van der Waals surface area contributed by atoms with E-state index < -0.39 is 12.3 Å². The Bertz CT molecular complexity index is 1240. The first-order valence-corrected chi connectivity index (χ1v) is 16.3. The van der Waals surface area contributed by atoms with E-state index in [0.717, 1.165) is 42.4 Å². The summed E-state index contributed by atoms with van der Waals surface area (Å²) in [6.45, 7) is 6.50. The molecule has 2 rings (SSSR count).